The van der Waals surface area contributed by atoms with Gasteiger partial charge in [0.25, 0.3) is 0 Å². The number of fused-ring (bicyclic) bond motifs is 1. The number of nitriles is 1. The second-order valence-corrected chi connectivity index (χ2v) is 9.54. The highest BCUT2D eigenvalue weighted by Crippen LogP contribution is 2.44. The van der Waals surface area contributed by atoms with E-state index in [-0.39, 0.29) is 5.41 Å². The summed E-state index contributed by atoms with van der Waals surface area (Å²) in [5.74, 6) is 1.44. The minimum absolute atomic E-state index is 0.379. The lowest BCUT2D eigenvalue weighted by Gasteiger charge is -2.39. The van der Waals surface area contributed by atoms with Crippen LogP contribution in [-0.2, 0) is 10.2 Å². The lowest BCUT2D eigenvalue weighted by molar-refractivity contribution is -0.138. The van der Waals surface area contributed by atoms with E-state index in [9.17, 15) is 10.4 Å². The lowest BCUT2D eigenvalue weighted by atomic mass is 9.65. The minimum atomic E-state index is -0.973. The van der Waals surface area contributed by atoms with Gasteiger partial charge in [-0.1, -0.05) is 12.1 Å². The molecule has 1 aliphatic heterocycles. The molecule has 8 nitrogen and oxygen atoms in total. The zero-order valence-corrected chi connectivity index (χ0v) is 18.7. The number of aliphatic hydroxyl groups is 1. The Kier molecular flexibility index (Phi) is 4.73. The highest BCUT2D eigenvalue weighted by atomic mass is 16.5. The number of hydrogen-bond donors (Lipinski definition) is 1. The molecule has 3 heterocycles. The van der Waals surface area contributed by atoms with E-state index in [1.54, 1.807) is 27.3 Å². The molecule has 0 unspecified atom stereocenters. The maximum Gasteiger partial charge on any atom is 0.159 e. The smallest absolute Gasteiger partial charge is 0.159 e. The van der Waals surface area contributed by atoms with Crippen molar-refractivity contribution in [3.05, 3.63) is 42.4 Å². The summed E-state index contributed by atoms with van der Waals surface area (Å²) in [5.41, 5.74) is -0.0305. The molecule has 3 aromatic rings. The van der Waals surface area contributed by atoms with Crippen LogP contribution in [-0.4, -0.2) is 56.3 Å². The van der Waals surface area contributed by atoms with Crippen molar-refractivity contribution >= 4 is 16.7 Å². The molecule has 2 fully saturated rings. The average molecular weight is 433 g/mol. The summed E-state index contributed by atoms with van der Waals surface area (Å²) in [6, 6.07) is 10.6. The zero-order valence-electron chi connectivity index (χ0n) is 18.7. The second-order valence-electron chi connectivity index (χ2n) is 9.54. The monoisotopic (exact) mass is 432 g/mol. The summed E-state index contributed by atoms with van der Waals surface area (Å²) in [4.78, 5) is 11.1. The molecule has 5 rings (SSSR count). The van der Waals surface area contributed by atoms with Crippen molar-refractivity contribution in [1.29, 1.82) is 5.26 Å². The summed E-state index contributed by atoms with van der Waals surface area (Å²) in [7, 11) is 1.65. The fraction of sp³-hybridized carbons (Fsp3) is 0.500. The van der Waals surface area contributed by atoms with Crippen LogP contribution in [0.4, 0.5) is 5.82 Å². The molecule has 8 heteroatoms. The molecule has 2 aromatic heterocycles. The molecule has 1 saturated carbocycles. The molecule has 0 amide bonds. The van der Waals surface area contributed by atoms with Gasteiger partial charge in [-0.05, 0) is 51.2 Å². The van der Waals surface area contributed by atoms with Crippen molar-refractivity contribution in [2.24, 2.45) is 0 Å². The van der Waals surface area contributed by atoms with Gasteiger partial charge in [-0.2, -0.15) is 10.4 Å². The normalized spacial score (nSPS) is 22.7. The lowest BCUT2D eigenvalue weighted by Crippen LogP contribution is -2.53. The van der Waals surface area contributed by atoms with Crippen LogP contribution in [0.1, 0.15) is 45.1 Å². The Hall–Kier alpha value is -3.02. The number of ether oxygens (including phenoxy) is 1. The van der Waals surface area contributed by atoms with Crippen molar-refractivity contribution in [2.45, 2.75) is 56.1 Å². The summed E-state index contributed by atoms with van der Waals surface area (Å²) < 4.78 is 7.58. The molecule has 166 valence electrons. The van der Waals surface area contributed by atoms with Gasteiger partial charge in [-0.15, -0.1) is 0 Å². The van der Waals surface area contributed by atoms with Crippen molar-refractivity contribution in [3.63, 3.8) is 0 Å². The quantitative estimate of drug-likeness (QED) is 0.661. The topological polar surface area (TPSA) is 100 Å². The average Bonchev–Trinajstić information content (AvgIpc) is 3.38. The Morgan fingerprint density at radius 1 is 1.16 bits per heavy atom. The summed E-state index contributed by atoms with van der Waals surface area (Å²) in [5, 5.41) is 26.0. The Bertz CT molecular complexity index is 1200. The Morgan fingerprint density at radius 2 is 1.94 bits per heavy atom. The Balaban J connectivity index is 1.50. The van der Waals surface area contributed by atoms with E-state index in [2.05, 4.69) is 32.1 Å². The molecule has 0 radical (unpaired) electrons. The third-order valence-electron chi connectivity index (χ3n) is 7.46. The molecule has 2 aliphatic rings. The van der Waals surface area contributed by atoms with Crippen LogP contribution >= 0.6 is 0 Å². The second kappa shape index (κ2) is 7.26. The molecule has 0 bridgehead atoms. The largest absolute Gasteiger partial charge is 0.387 e. The van der Waals surface area contributed by atoms with Gasteiger partial charge in [0.1, 0.15) is 17.7 Å². The van der Waals surface area contributed by atoms with Gasteiger partial charge in [0.05, 0.1) is 35.3 Å². The van der Waals surface area contributed by atoms with Gasteiger partial charge in [-0.3, -0.25) is 0 Å². The standard InChI is InChI=1S/C24H28N6O2/c1-22(2,31)24(32-3)9-10-29(15-24)20-12-21(27-16-26-20)30-19-11-18(6-5-17(19)13-28-30)23(14-25)7-4-8-23/h5-6,11-13,16,31H,4,7-10,15H2,1-3H3/t24-/m0/s1. The van der Waals surface area contributed by atoms with Crippen LogP contribution in [0.5, 0.6) is 0 Å². The van der Waals surface area contributed by atoms with E-state index in [0.717, 1.165) is 48.1 Å². The van der Waals surface area contributed by atoms with E-state index in [4.69, 9.17) is 4.74 Å². The van der Waals surface area contributed by atoms with Crippen LogP contribution in [0, 0.1) is 11.3 Å². The number of hydrogen-bond acceptors (Lipinski definition) is 7. The van der Waals surface area contributed by atoms with Crippen LogP contribution in [0.25, 0.3) is 16.7 Å². The molecule has 32 heavy (non-hydrogen) atoms. The first kappa shape index (κ1) is 20.9. The Labute approximate surface area is 187 Å². The molecule has 1 N–H and O–H groups in total. The van der Waals surface area contributed by atoms with Gasteiger partial charge in [-0.25, -0.2) is 14.6 Å². The number of nitrogens with zero attached hydrogens (tertiary/aromatic N) is 6. The predicted molar refractivity (Wildman–Crippen MR) is 121 cm³/mol. The zero-order chi connectivity index (χ0) is 22.6. The fourth-order valence-corrected chi connectivity index (χ4v) is 5.01. The number of benzene rings is 1. The first-order chi connectivity index (χ1) is 15.3. The summed E-state index contributed by atoms with van der Waals surface area (Å²) in [6.45, 7) is 4.84. The summed E-state index contributed by atoms with van der Waals surface area (Å²) >= 11 is 0. The van der Waals surface area contributed by atoms with Crippen LogP contribution in [0.2, 0.25) is 0 Å². The molecular weight excluding hydrogens is 404 g/mol. The van der Waals surface area contributed by atoms with Gasteiger partial charge < -0.3 is 14.7 Å². The van der Waals surface area contributed by atoms with Gasteiger partial charge >= 0.3 is 0 Å². The van der Waals surface area contributed by atoms with Crippen LogP contribution < -0.4 is 4.90 Å². The van der Waals surface area contributed by atoms with Gasteiger partial charge in [0.15, 0.2) is 5.82 Å². The van der Waals surface area contributed by atoms with E-state index in [0.29, 0.717) is 18.8 Å². The SMILES string of the molecule is CO[C@@]1(C(C)(C)O)CCN(c2cc(-n3ncc4ccc(C5(C#N)CCC5)cc43)ncn2)C1. The minimum Gasteiger partial charge on any atom is -0.387 e. The van der Waals surface area contributed by atoms with Crippen LogP contribution in [0.3, 0.4) is 0 Å². The van der Waals surface area contributed by atoms with E-state index in [1.165, 1.54) is 0 Å². The first-order valence-corrected chi connectivity index (χ1v) is 11.1. The molecule has 1 atom stereocenters. The van der Waals surface area contributed by atoms with E-state index >= 15 is 0 Å². The highest BCUT2D eigenvalue weighted by molar-refractivity contribution is 5.81. The number of rotatable bonds is 5. The Morgan fingerprint density at radius 3 is 2.56 bits per heavy atom. The van der Waals surface area contributed by atoms with E-state index < -0.39 is 11.2 Å². The molecule has 0 spiro atoms. The maximum absolute atomic E-state index is 10.7. The van der Waals surface area contributed by atoms with E-state index in [1.807, 2.05) is 29.1 Å². The third-order valence-corrected chi connectivity index (χ3v) is 7.46. The number of methoxy groups -OCH3 is 1. The maximum atomic E-state index is 10.7. The summed E-state index contributed by atoms with van der Waals surface area (Å²) in [6.07, 6.45) is 6.96. The number of anilines is 1. The highest BCUT2D eigenvalue weighted by Gasteiger charge is 2.49. The number of aromatic nitrogens is 4. The predicted octanol–water partition coefficient (Wildman–Crippen LogP) is 3.13. The van der Waals surface area contributed by atoms with Crippen LogP contribution in [0.15, 0.2) is 36.8 Å². The van der Waals surface area contributed by atoms with Gasteiger partial charge in [0, 0.05) is 25.1 Å². The molecule has 1 saturated heterocycles. The van der Waals surface area contributed by atoms with Crippen molar-refractivity contribution in [3.8, 4) is 11.9 Å². The fourth-order valence-electron chi connectivity index (χ4n) is 5.01. The van der Waals surface area contributed by atoms with Gasteiger partial charge in [0.2, 0.25) is 0 Å². The molecular formula is C24H28N6O2. The first-order valence-electron chi connectivity index (χ1n) is 11.1. The van der Waals surface area contributed by atoms with Crippen molar-refractivity contribution in [1.82, 2.24) is 19.7 Å². The van der Waals surface area contributed by atoms with Crippen molar-refractivity contribution in [2.75, 3.05) is 25.1 Å². The molecule has 1 aromatic carbocycles. The molecule has 1 aliphatic carbocycles. The third kappa shape index (κ3) is 3.07. The van der Waals surface area contributed by atoms with Crippen molar-refractivity contribution < 1.29 is 9.84 Å².